The van der Waals surface area contributed by atoms with Gasteiger partial charge in [-0.3, -0.25) is 0 Å². The van der Waals surface area contributed by atoms with Crippen LogP contribution in [0.4, 0.5) is 44.0 Å². The van der Waals surface area contributed by atoms with Crippen molar-refractivity contribution in [2.75, 3.05) is 13.2 Å². The summed E-state index contributed by atoms with van der Waals surface area (Å²) in [6.07, 6.45) is -13.9. The minimum Gasteiger partial charge on any atom is -0.344 e. The number of hydrogen-bond acceptors (Lipinski definition) is 6. The SMILES string of the molecule is CC1(C=C(F)F)OCCO1.O=S(=O)(OF)C(F)(F)C(F)(F)OC(F)(F)F. The maximum absolute atomic E-state index is 12.2. The van der Waals surface area contributed by atoms with Crippen LogP contribution in [0.25, 0.3) is 0 Å². The van der Waals surface area contributed by atoms with Gasteiger partial charge in [-0.2, -0.15) is 34.8 Å². The average molecular weight is 434 g/mol. The lowest BCUT2D eigenvalue weighted by Crippen LogP contribution is -2.51. The molecule has 0 aromatic rings. The molecule has 26 heavy (non-hydrogen) atoms. The Labute approximate surface area is 138 Å². The highest BCUT2D eigenvalue weighted by Crippen LogP contribution is 2.43. The molecule has 1 saturated heterocycles. The predicted molar refractivity (Wildman–Crippen MR) is 58.8 cm³/mol. The van der Waals surface area contributed by atoms with E-state index in [2.05, 4.69) is 0 Å². The van der Waals surface area contributed by atoms with Gasteiger partial charge in [-0.25, -0.2) is 4.74 Å². The second-order valence-electron chi connectivity index (χ2n) is 4.25. The molecule has 0 radical (unpaired) electrons. The van der Waals surface area contributed by atoms with Gasteiger partial charge in [0.2, 0.25) is 0 Å². The van der Waals surface area contributed by atoms with Crippen molar-refractivity contribution in [1.29, 1.82) is 0 Å². The Morgan fingerprint density at radius 2 is 1.46 bits per heavy atom. The highest BCUT2D eigenvalue weighted by atomic mass is 32.2. The molecule has 0 unspecified atom stereocenters. The fourth-order valence-electron chi connectivity index (χ4n) is 1.20. The number of hydrogen-bond donors (Lipinski definition) is 0. The van der Waals surface area contributed by atoms with Gasteiger partial charge in [0.1, 0.15) is 0 Å². The van der Waals surface area contributed by atoms with E-state index in [9.17, 15) is 52.5 Å². The first-order chi connectivity index (χ1) is 11.4. The summed E-state index contributed by atoms with van der Waals surface area (Å²) in [5, 5.41) is -6.55. The van der Waals surface area contributed by atoms with Crippen molar-refractivity contribution in [2.24, 2.45) is 0 Å². The van der Waals surface area contributed by atoms with E-state index >= 15 is 0 Å². The topological polar surface area (TPSA) is 71.1 Å². The molecule has 0 aromatic carbocycles. The van der Waals surface area contributed by atoms with Crippen molar-refractivity contribution >= 4 is 10.1 Å². The standard InChI is InChI=1S/C6H8F2O2.C3F8O4S/c1-6(4-5(7)8)9-2-3-10-6;4-1(5,14-3(8,9)10)2(6,7)16(12,13)15-11/h4H,2-3H2,1H3;. The van der Waals surface area contributed by atoms with Crippen LogP contribution in [0.15, 0.2) is 12.2 Å². The Morgan fingerprint density at radius 3 is 1.77 bits per heavy atom. The van der Waals surface area contributed by atoms with Crippen molar-refractivity contribution in [3.05, 3.63) is 12.2 Å². The molecule has 0 aliphatic carbocycles. The maximum atomic E-state index is 12.2. The zero-order chi connectivity index (χ0) is 21.0. The Hall–Kier alpha value is -1.17. The fraction of sp³-hybridized carbons (Fsp3) is 0.778. The van der Waals surface area contributed by atoms with Gasteiger partial charge in [-0.15, -0.1) is 13.2 Å². The summed E-state index contributed by atoms with van der Waals surface area (Å²) in [4.78, 5) is 0. The van der Waals surface area contributed by atoms with Crippen molar-refractivity contribution < 1.29 is 71.1 Å². The fourth-order valence-corrected chi connectivity index (χ4v) is 1.61. The molecule has 1 fully saturated rings. The largest absolute Gasteiger partial charge is 0.527 e. The van der Waals surface area contributed by atoms with Gasteiger partial charge in [0.05, 0.1) is 13.2 Å². The molecule has 0 aromatic heterocycles. The minimum atomic E-state index is -6.90. The summed E-state index contributed by atoms with van der Waals surface area (Å²) in [6, 6.07) is 0. The van der Waals surface area contributed by atoms with E-state index < -0.39 is 39.7 Å². The van der Waals surface area contributed by atoms with Crippen LogP contribution in [0.5, 0.6) is 0 Å². The summed E-state index contributed by atoms with van der Waals surface area (Å²) < 4.78 is 149. The molecule has 0 spiro atoms. The van der Waals surface area contributed by atoms with E-state index in [0.29, 0.717) is 19.3 Å². The first-order valence-electron chi connectivity index (χ1n) is 5.78. The Morgan fingerprint density at radius 1 is 1.04 bits per heavy atom. The Bertz CT molecular complexity index is 591. The van der Waals surface area contributed by atoms with Crippen LogP contribution in [0, 0.1) is 0 Å². The zero-order valence-corrected chi connectivity index (χ0v) is 12.9. The molecular weight excluding hydrogens is 426 g/mol. The van der Waals surface area contributed by atoms with Crippen LogP contribution in [0.3, 0.4) is 0 Å². The average Bonchev–Trinajstić information content (AvgIpc) is 2.81. The smallest absolute Gasteiger partial charge is 0.344 e. The summed E-state index contributed by atoms with van der Waals surface area (Å²) in [5.41, 5.74) is 0. The van der Waals surface area contributed by atoms with Gasteiger partial charge < -0.3 is 9.47 Å². The lowest BCUT2D eigenvalue weighted by Gasteiger charge is -2.24. The molecule has 156 valence electrons. The Balaban J connectivity index is 0.000000531. The molecular formula is C9H8F10O6S. The van der Waals surface area contributed by atoms with Crippen LogP contribution in [0.1, 0.15) is 6.92 Å². The summed E-state index contributed by atoms with van der Waals surface area (Å²) in [5.74, 6) is -1.20. The van der Waals surface area contributed by atoms with Gasteiger partial charge in [0, 0.05) is 6.08 Å². The minimum absolute atomic E-state index is 0.375. The molecule has 0 atom stereocenters. The molecule has 1 rings (SSSR count). The monoisotopic (exact) mass is 434 g/mol. The second-order valence-corrected chi connectivity index (χ2v) is 5.79. The highest BCUT2D eigenvalue weighted by molar-refractivity contribution is 7.87. The lowest BCUT2D eigenvalue weighted by molar-refractivity contribution is -0.453. The third-order valence-electron chi connectivity index (χ3n) is 2.21. The molecule has 0 N–H and O–H groups in total. The third-order valence-corrected chi connectivity index (χ3v) is 3.24. The van der Waals surface area contributed by atoms with Crippen LogP contribution in [0.2, 0.25) is 0 Å². The van der Waals surface area contributed by atoms with Gasteiger partial charge in [-0.05, 0) is 11.4 Å². The number of alkyl halides is 7. The zero-order valence-electron chi connectivity index (χ0n) is 12.1. The molecule has 0 bridgehead atoms. The molecule has 0 saturated carbocycles. The number of halogens is 10. The molecule has 1 aliphatic rings. The van der Waals surface area contributed by atoms with Gasteiger partial charge >= 0.3 is 27.8 Å². The van der Waals surface area contributed by atoms with Gasteiger partial charge in [0.15, 0.2) is 5.79 Å². The van der Waals surface area contributed by atoms with E-state index in [4.69, 9.17) is 9.47 Å². The summed E-state index contributed by atoms with van der Waals surface area (Å²) in [6.45, 7) is 2.21. The third kappa shape index (κ3) is 6.86. The Kier molecular flexibility index (Phi) is 7.87. The van der Waals surface area contributed by atoms with Crippen molar-refractivity contribution in [3.63, 3.8) is 0 Å². The van der Waals surface area contributed by atoms with Gasteiger partial charge in [0.25, 0.3) is 6.08 Å². The summed E-state index contributed by atoms with van der Waals surface area (Å²) >= 11 is 0. The second kappa shape index (κ2) is 8.24. The molecule has 0 amide bonds. The summed E-state index contributed by atoms with van der Waals surface area (Å²) in [7, 11) is -6.90. The molecule has 1 heterocycles. The lowest BCUT2D eigenvalue weighted by atomic mass is 10.3. The van der Waals surface area contributed by atoms with Crippen LogP contribution >= 0.6 is 0 Å². The van der Waals surface area contributed by atoms with Crippen molar-refractivity contribution in [2.45, 2.75) is 30.4 Å². The number of ether oxygens (including phenoxy) is 3. The van der Waals surface area contributed by atoms with Crippen LogP contribution in [-0.2, 0) is 28.7 Å². The normalized spacial score (nSPS) is 18.1. The van der Waals surface area contributed by atoms with E-state index in [1.165, 1.54) is 11.3 Å². The van der Waals surface area contributed by atoms with Crippen LogP contribution < -0.4 is 0 Å². The van der Waals surface area contributed by atoms with Crippen molar-refractivity contribution in [3.8, 4) is 0 Å². The van der Waals surface area contributed by atoms with E-state index in [1.807, 2.05) is 0 Å². The van der Waals surface area contributed by atoms with Gasteiger partial charge in [-0.1, -0.05) is 4.39 Å². The molecule has 17 heteroatoms. The van der Waals surface area contributed by atoms with Crippen molar-refractivity contribution in [1.82, 2.24) is 0 Å². The molecule has 1 aliphatic heterocycles. The molecule has 6 nitrogen and oxygen atoms in total. The first kappa shape index (κ1) is 24.8. The quantitative estimate of drug-likeness (QED) is 0.618. The number of rotatable bonds is 5. The first-order valence-corrected chi connectivity index (χ1v) is 7.19. The van der Waals surface area contributed by atoms with E-state index in [-0.39, 0.29) is 0 Å². The maximum Gasteiger partial charge on any atom is 0.527 e. The van der Waals surface area contributed by atoms with E-state index in [1.54, 1.807) is 4.74 Å². The highest BCUT2D eigenvalue weighted by Gasteiger charge is 2.72. The van der Waals surface area contributed by atoms with Crippen LogP contribution in [-0.4, -0.2) is 45.1 Å². The van der Waals surface area contributed by atoms with E-state index in [0.717, 1.165) is 0 Å². The predicted octanol–water partition coefficient (Wildman–Crippen LogP) is 3.47.